The molecule has 0 atom stereocenters. The molecule has 0 spiro atoms. The van der Waals surface area contributed by atoms with Crippen LogP contribution in [0.4, 0.5) is 0 Å². The fourth-order valence-electron chi connectivity index (χ4n) is 2.11. The smallest absolute Gasteiger partial charge is 0.163 e. The van der Waals surface area contributed by atoms with Crippen molar-refractivity contribution >= 4 is 45.0 Å². The Morgan fingerprint density at radius 3 is 2.81 bits per heavy atom. The number of halogens is 2. The molecular weight excluding hydrogens is 401 g/mol. The van der Waals surface area contributed by atoms with E-state index in [1.807, 2.05) is 30.5 Å². The van der Waals surface area contributed by atoms with Crippen molar-refractivity contribution in [3.63, 3.8) is 0 Å². The average Bonchev–Trinajstić information content (AvgIpc) is 2.51. The second kappa shape index (κ2) is 6.21. The van der Waals surface area contributed by atoms with Crippen LogP contribution in [-0.4, -0.2) is 22.1 Å². The van der Waals surface area contributed by atoms with Gasteiger partial charge in [0.25, 0.3) is 0 Å². The zero-order chi connectivity index (χ0) is 14.8. The van der Waals surface area contributed by atoms with Crippen molar-refractivity contribution in [3.8, 4) is 11.4 Å². The van der Waals surface area contributed by atoms with Gasteiger partial charge in [0, 0.05) is 30.5 Å². The predicted molar refractivity (Wildman–Crippen MR) is 91.2 cm³/mol. The van der Waals surface area contributed by atoms with E-state index in [1.165, 1.54) is 0 Å². The largest absolute Gasteiger partial charge is 0.378 e. The number of methoxy groups -OCH3 is 1. The molecule has 3 aromatic rings. The number of benzene rings is 1. The average molecular weight is 412 g/mol. The van der Waals surface area contributed by atoms with Crippen LogP contribution in [0.3, 0.4) is 0 Å². The summed E-state index contributed by atoms with van der Waals surface area (Å²) in [5.74, 6) is 0.566. The number of pyridine rings is 1. The van der Waals surface area contributed by atoms with Gasteiger partial charge in [0.05, 0.1) is 15.9 Å². The lowest BCUT2D eigenvalue weighted by Crippen LogP contribution is -2.02. The van der Waals surface area contributed by atoms with Gasteiger partial charge in [0.2, 0.25) is 0 Å². The lowest BCUT2D eigenvalue weighted by Gasteiger charge is -2.09. The summed E-state index contributed by atoms with van der Waals surface area (Å²) in [4.78, 5) is 13.2. The van der Waals surface area contributed by atoms with Gasteiger partial charge in [0.1, 0.15) is 5.15 Å². The molecule has 2 heterocycles. The number of fused-ring (bicyclic) bond motifs is 1. The minimum atomic E-state index is 0.395. The maximum atomic E-state index is 6.22. The van der Waals surface area contributed by atoms with Gasteiger partial charge in [-0.15, -0.1) is 0 Å². The molecule has 0 bridgehead atoms. The molecule has 0 radical (unpaired) electrons. The summed E-state index contributed by atoms with van der Waals surface area (Å²) in [7, 11) is 1.63. The van der Waals surface area contributed by atoms with Crippen molar-refractivity contribution < 1.29 is 4.74 Å². The van der Waals surface area contributed by atoms with E-state index in [1.54, 1.807) is 13.3 Å². The quantitative estimate of drug-likeness (QED) is 0.481. The van der Waals surface area contributed by atoms with Gasteiger partial charge in [-0.3, -0.25) is 4.98 Å². The van der Waals surface area contributed by atoms with Crippen LogP contribution in [0.15, 0.2) is 36.7 Å². The number of rotatable bonds is 3. The van der Waals surface area contributed by atoms with Gasteiger partial charge in [-0.2, -0.15) is 0 Å². The topological polar surface area (TPSA) is 47.9 Å². The molecule has 0 aliphatic carbocycles. The van der Waals surface area contributed by atoms with Gasteiger partial charge in [0.15, 0.2) is 5.82 Å². The fraction of sp³-hybridized carbons (Fsp3) is 0.133. The Morgan fingerprint density at radius 2 is 2.00 bits per heavy atom. The number of nitrogens with zero attached hydrogens (tertiary/aromatic N) is 3. The van der Waals surface area contributed by atoms with Crippen LogP contribution in [0.5, 0.6) is 0 Å². The molecule has 0 saturated heterocycles. The predicted octanol–water partition coefficient (Wildman–Crippen LogP) is 4.10. The third-order valence-electron chi connectivity index (χ3n) is 3.07. The van der Waals surface area contributed by atoms with Crippen LogP contribution in [0.2, 0.25) is 5.15 Å². The lowest BCUT2D eigenvalue weighted by atomic mass is 10.1. The summed E-state index contributed by atoms with van der Waals surface area (Å²) in [6, 6.07) is 8.00. The van der Waals surface area contributed by atoms with Crippen molar-refractivity contribution in [2.24, 2.45) is 0 Å². The minimum absolute atomic E-state index is 0.395. The van der Waals surface area contributed by atoms with Crippen molar-refractivity contribution in [3.05, 3.63) is 51.1 Å². The second-order valence-corrected chi connectivity index (χ2v) is 5.88. The number of hydrogen-bond acceptors (Lipinski definition) is 4. The van der Waals surface area contributed by atoms with Crippen LogP contribution in [0.1, 0.15) is 5.69 Å². The van der Waals surface area contributed by atoms with Crippen LogP contribution in [0.25, 0.3) is 22.2 Å². The van der Waals surface area contributed by atoms with Gasteiger partial charge < -0.3 is 4.74 Å². The Hall–Kier alpha value is -1.31. The van der Waals surface area contributed by atoms with Gasteiger partial charge >= 0.3 is 0 Å². The molecule has 1 aromatic carbocycles. The van der Waals surface area contributed by atoms with Gasteiger partial charge in [-0.1, -0.05) is 35.9 Å². The molecular formula is C15H11ClIN3O. The molecule has 106 valence electrons. The van der Waals surface area contributed by atoms with Crippen molar-refractivity contribution in [2.75, 3.05) is 7.11 Å². The maximum absolute atomic E-state index is 6.22. The first-order chi connectivity index (χ1) is 10.2. The molecule has 6 heteroatoms. The molecule has 0 saturated carbocycles. The molecule has 2 aromatic heterocycles. The van der Waals surface area contributed by atoms with Crippen LogP contribution < -0.4 is 0 Å². The van der Waals surface area contributed by atoms with Crippen molar-refractivity contribution in [1.29, 1.82) is 0 Å². The first kappa shape index (κ1) is 14.6. The summed E-state index contributed by atoms with van der Waals surface area (Å²) >= 11 is 8.35. The van der Waals surface area contributed by atoms with E-state index in [-0.39, 0.29) is 0 Å². The summed E-state index contributed by atoms with van der Waals surface area (Å²) in [6.45, 7) is 0.395. The monoisotopic (exact) mass is 411 g/mol. The first-order valence-electron chi connectivity index (χ1n) is 6.24. The Kier molecular flexibility index (Phi) is 4.32. The number of ether oxygens (including phenoxy) is 1. The highest BCUT2D eigenvalue weighted by molar-refractivity contribution is 14.1. The van der Waals surface area contributed by atoms with Crippen molar-refractivity contribution in [1.82, 2.24) is 15.0 Å². The SMILES string of the molecule is COCc1nc(-c2cncc3ccccc23)nc(Cl)c1I. The Morgan fingerprint density at radius 1 is 1.19 bits per heavy atom. The molecule has 4 nitrogen and oxygen atoms in total. The third kappa shape index (κ3) is 2.86. The third-order valence-corrected chi connectivity index (χ3v) is 4.80. The van der Waals surface area contributed by atoms with E-state index in [4.69, 9.17) is 16.3 Å². The first-order valence-corrected chi connectivity index (χ1v) is 7.70. The highest BCUT2D eigenvalue weighted by atomic mass is 127. The summed E-state index contributed by atoms with van der Waals surface area (Å²) in [5, 5.41) is 2.52. The van der Waals surface area contributed by atoms with Crippen LogP contribution in [-0.2, 0) is 11.3 Å². The van der Waals surface area contributed by atoms with E-state index in [0.29, 0.717) is 17.6 Å². The molecule has 0 amide bonds. The molecule has 21 heavy (non-hydrogen) atoms. The molecule has 0 N–H and O–H groups in total. The summed E-state index contributed by atoms with van der Waals surface area (Å²) in [6.07, 6.45) is 3.58. The number of hydrogen-bond donors (Lipinski definition) is 0. The van der Waals surface area contributed by atoms with E-state index in [2.05, 4.69) is 37.5 Å². The molecule has 0 aliphatic heterocycles. The van der Waals surface area contributed by atoms with E-state index in [9.17, 15) is 0 Å². The number of aromatic nitrogens is 3. The molecule has 0 aliphatic rings. The zero-order valence-electron chi connectivity index (χ0n) is 11.2. The minimum Gasteiger partial charge on any atom is -0.378 e. The highest BCUT2D eigenvalue weighted by Crippen LogP contribution is 2.28. The Bertz CT molecular complexity index is 805. The van der Waals surface area contributed by atoms with E-state index in [0.717, 1.165) is 25.6 Å². The van der Waals surface area contributed by atoms with Crippen LogP contribution in [0, 0.1) is 3.57 Å². The molecule has 3 rings (SSSR count). The normalized spacial score (nSPS) is 11.0. The second-order valence-electron chi connectivity index (χ2n) is 4.44. The molecule has 0 fully saturated rings. The van der Waals surface area contributed by atoms with Crippen LogP contribution >= 0.6 is 34.2 Å². The Labute approximate surface area is 140 Å². The standard InChI is InChI=1S/C15H11ClIN3O/c1-21-8-12-13(17)14(16)20-15(19-12)11-7-18-6-9-4-2-3-5-10(9)11/h2-7H,8H2,1H3. The van der Waals surface area contributed by atoms with E-state index >= 15 is 0 Å². The summed E-state index contributed by atoms with van der Waals surface area (Å²) in [5.41, 5.74) is 1.64. The fourth-order valence-corrected chi connectivity index (χ4v) is 2.70. The van der Waals surface area contributed by atoms with Crippen molar-refractivity contribution in [2.45, 2.75) is 6.61 Å². The lowest BCUT2D eigenvalue weighted by molar-refractivity contribution is 0.181. The molecule has 0 unspecified atom stereocenters. The van der Waals surface area contributed by atoms with E-state index < -0.39 is 0 Å². The maximum Gasteiger partial charge on any atom is 0.163 e. The van der Waals surface area contributed by atoms with Gasteiger partial charge in [-0.05, 0) is 28.0 Å². The Balaban J connectivity index is 2.23. The highest BCUT2D eigenvalue weighted by Gasteiger charge is 2.14. The summed E-state index contributed by atoms with van der Waals surface area (Å²) < 4.78 is 5.99. The zero-order valence-corrected chi connectivity index (χ0v) is 14.1. The van der Waals surface area contributed by atoms with Gasteiger partial charge in [-0.25, -0.2) is 9.97 Å².